The molecule has 206 valence electrons. The first-order valence-electron chi connectivity index (χ1n) is 12.4. The molecule has 1 aromatic carbocycles. The molecular formula is C28H38N4O6. The lowest BCUT2D eigenvalue weighted by molar-refractivity contribution is -0.145. The van der Waals surface area contributed by atoms with E-state index in [1.54, 1.807) is 26.8 Å². The molecule has 1 aromatic heterocycles. The van der Waals surface area contributed by atoms with Gasteiger partial charge in [-0.2, -0.15) is 0 Å². The van der Waals surface area contributed by atoms with Crippen LogP contribution in [0.5, 0.6) is 0 Å². The molecule has 0 bridgehead atoms. The number of carbonyl (C=O) groups is 4. The molecule has 38 heavy (non-hydrogen) atoms. The number of benzene rings is 1. The van der Waals surface area contributed by atoms with E-state index in [9.17, 15) is 19.2 Å². The summed E-state index contributed by atoms with van der Waals surface area (Å²) < 4.78 is 12.1. The van der Waals surface area contributed by atoms with E-state index in [-0.39, 0.29) is 12.8 Å². The van der Waals surface area contributed by atoms with Gasteiger partial charge in [0.1, 0.15) is 23.7 Å². The van der Waals surface area contributed by atoms with Gasteiger partial charge >= 0.3 is 12.1 Å². The number of para-hydroxylation sites is 1. The predicted octanol–water partition coefficient (Wildman–Crippen LogP) is 3.00. The van der Waals surface area contributed by atoms with Crippen molar-refractivity contribution in [3.05, 3.63) is 61.3 Å². The molecule has 3 amide bonds. The molecule has 0 spiro atoms. The van der Waals surface area contributed by atoms with Crippen molar-refractivity contribution in [2.24, 2.45) is 0 Å². The maximum absolute atomic E-state index is 13.3. The van der Waals surface area contributed by atoms with Crippen LogP contribution in [0.15, 0.2) is 55.8 Å². The van der Waals surface area contributed by atoms with Crippen LogP contribution in [0.1, 0.15) is 39.7 Å². The zero-order valence-corrected chi connectivity index (χ0v) is 22.7. The summed E-state index contributed by atoms with van der Waals surface area (Å²) in [6.07, 6.45) is 4.71. The lowest BCUT2D eigenvalue weighted by atomic mass is 10.0. The van der Waals surface area contributed by atoms with Crippen LogP contribution < -0.4 is 16.0 Å². The van der Waals surface area contributed by atoms with Crippen molar-refractivity contribution in [1.29, 1.82) is 0 Å². The summed E-state index contributed by atoms with van der Waals surface area (Å²) in [6, 6.07) is 4.73. The monoisotopic (exact) mass is 526 g/mol. The fraction of sp³-hybridized carbons (Fsp3) is 0.429. The van der Waals surface area contributed by atoms with Crippen molar-refractivity contribution < 1.29 is 28.7 Å². The summed E-state index contributed by atoms with van der Waals surface area (Å²) >= 11 is 0. The Morgan fingerprint density at radius 1 is 1.00 bits per heavy atom. The molecule has 0 fully saturated rings. The van der Waals surface area contributed by atoms with Crippen LogP contribution in [0, 0.1) is 0 Å². The van der Waals surface area contributed by atoms with Gasteiger partial charge in [-0.15, -0.1) is 13.2 Å². The van der Waals surface area contributed by atoms with Gasteiger partial charge in [0, 0.05) is 30.1 Å². The van der Waals surface area contributed by atoms with Crippen LogP contribution in [-0.2, 0) is 36.8 Å². The highest BCUT2D eigenvalue weighted by Crippen LogP contribution is 2.23. The van der Waals surface area contributed by atoms with Gasteiger partial charge in [0.2, 0.25) is 11.8 Å². The van der Waals surface area contributed by atoms with E-state index in [0.29, 0.717) is 6.54 Å². The average molecular weight is 527 g/mol. The van der Waals surface area contributed by atoms with Crippen LogP contribution >= 0.6 is 0 Å². The van der Waals surface area contributed by atoms with Gasteiger partial charge in [0.05, 0.1) is 7.11 Å². The lowest BCUT2D eigenvalue weighted by Gasteiger charge is -2.25. The molecule has 2 rings (SSSR count). The average Bonchev–Trinajstić information content (AvgIpc) is 3.19. The van der Waals surface area contributed by atoms with E-state index in [0.717, 1.165) is 16.5 Å². The molecule has 3 N–H and O–H groups in total. The van der Waals surface area contributed by atoms with Crippen molar-refractivity contribution >= 4 is 34.8 Å². The molecule has 10 heteroatoms. The van der Waals surface area contributed by atoms with Gasteiger partial charge < -0.3 is 30.0 Å². The van der Waals surface area contributed by atoms with Gasteiger partial charge in [0.15, 0.2) is 0 Å². The Kier molecular flexibility index (Phi) is 10.7. The highest BCUT2D eigenvalue weighted by Gasteiger charge is 2.29. The second-order valence-corrected chi connectivity index (χ2v) is 9.85. The first-order valence-corrected chi connectivity index (χ1v) is 12.4. The Balaban J connectivity index is 2.28. The minimum atomic E-state index is -1.05. The van der Waals surface area contributed by atoms with Crippen molar-refractivity contribution in [2.75, 3.05) is 7.11 Å². The number of carbonyl (C=O) groups excluding carboxylic acids is 4. The number of esters is 1. The standard InChI is InChI=1S/C28H38N4O6/c1-8-12-21(26(35)37-7)30-24(33)18(3)29-25(34)22(31-27(36)38-28(4,5)6)16-19-17-32(15-9-2)23-14-11-10-13-20(19)23/h8-11,13-14,17-18,21-22H,1-2,12,15-16H2,3-7H3,(H,29,34)(H,30,33)(H,31,36)/t18-,21-,22-/m0/s1. The summed E-state index contributed by atoms with van der Waals surface area (Å²) in [4.78, 5) is 50.6. The molecule has 0 aliphatic heterocycles. The number of alkyl carbamates (subject to hydrolysis) is 1. The molecule has 0 aliphatic carbocycles. The predicted molar refractivity (Wildman–Crippen MR) is 145 cm³/mol. The summed E-state index contributed by atoms with van der Waals surface area (Å²) in [7, 11) is 1.22. The van der Waals surface area contributed by atoms with Crippen LogP contribution in [-0.4, -0.2) is 59.3 Å². The van der Waals surface area contributed by atoms with E-state index in [1.807, 2.05) is 35.0 Å². The molecule has 1 heterocycles. The third kappa shape index (κ3) is 8.50. The van der Waals surface area contributed by atoms with Crippen LogP contribution in [0.4, 0.5) is 4.79 Å². The maximum atomic E-state index is 13.3. The van der Waals surface area contributed by atoms with Crippen molar-refractivity contribution in [3.63, 3.8) is 0 Å². The summed E-state index contributed by atoms with van der Waals surface area (Å²) in [5.41, 5.74) is 1.02. The highest BCUT2D eigenvalue weighted by molar-refractivity contribution is 5.93. The van der Waals surface area contributed by atoms with Gasteiger partial charge in [-0.1, -0.05) is 30.4 Å². The smallest absolute Gasteiger partial charge is 0.408 e. The molecule has 0 unspecified atom stereocenters. The van der Waals surface area contributed by atoms with Gasteiger partial charge in [-0.3, -0.25) is 9.59 Å². The first kappa shape index (κ1) is 30.1. The number of hydrogen-bond donors (Lipinski definition) is 3. The Morgan fingerprint density at radius 3 is 2.29 bits per heavy atom. The van der Waals surface area contributed by atoms with Crippen LogP contribution in [0.3, 0.4) is 0 Å². The Labute approximate surface area is 223 Å². The minimum absolute atomic E-state index is 0.144. The fourth-order valence-electron chi connectivity index (χ4n) is 3.85. The Bertz CT molecular complexity index is 1180. The molecule has 10 nitrogen and oxygen atoms in total. The number of aromatic nitrogens is 1. The summed E-state index contributed by atoms with van der Waals surface area (Å²) in [6.45, 7) is 14.6. The van der Waals surface area contributed by atoms with Crippen LogP contribution in [0.2, 0.25) is 0 Å². The van der Waals surface area contributed by atoms with Gasteiger partial charge in [-0.05, 0) is 45.7 Å². The number of fused-ring (bicyclic) bond motifs is 1. The molecular weight excluding hydrogens is 488 g/mol. The molecule has 0 saturated heterocycles. The second-order valence-electron chi connectivity index (χ2n) is 9.85. The van der Waals surface area contributed by atoms with Crippen molar-refractivity contribution in [3.8, 4) is 0 Å². The zero-order valence-electron chi connectivity index (χ0n) is 22.7. The number of hydrogen-bond acceptors (Lipinski definition) is 6. The van der Waals surface area contributed by atoms with Crippen LogP contribution in [0.25, 0.3) is 10.9 Å². The molecule has 0 aliphatic rings. The number of allylic oxidation sites excluding steroid dienone is 1. The third-order valence-electron chi connectivity index (χ3n) is 5.59. The SMILES string of the molecule is C=CC[C@H](NC(=O)[C@H](C)NC(=O)[C@H](Cc1cn(CC=C)c2ccccc12)NC(=O)OC(C)(C)C)C(=O)OC. The van der Waals surface area contributed by atoms with E-state index < -0.39 is 47.6 Å². The highest BCUT2D eigenvalue weighted by atomic mass is 16.6. The number of rotatable bonds is 12. The van der Waals surface area contributed by atoms with Gasteiger partial charge in [-0.25, -0.2) is 9.59 Å². The molecule has 3 atom stereocenters. The maximum Gasteiger partial charge on any atom is 0.408 e. The van der Waals surface area contributed by atoms with E-state index in [2.05, 4.69) is 29.1 Å². The third-order valence-corrected chi connectivity index (χ3v) is 5.59. The largest absolute Gasteiger partial charge is 0.467 e. The van der Waals surface area contributed by atoms with E-state index in [1.165, 1.54) is 20.1 Å². The summed E-state index contributed by atoms with van der Waals surface area (Å²) in [5, 5.41) is 8.75. The topological polar surface area (TPSA) is 128 Å². The van der Waals surface area contributed by atoms with Gasteiger partial charge in [0.25, 0.3) is 0 Å². The quantitative estimate of drug-likeness (QED) is 0.288. The molecule has 0 saturated carbocycles. The molecule has 2 aromatic rings. The Hall–Kier alpha value is -4.08. The minimum Gasteiger partial charge on any atom is -0.467 e. The number of nitrogens with one attached hydrogen (secondary N) is 3. The molecule has 0 radical (unpaired) electrons. The fourth-order valence-corrected chi connectivity index (χ4v) is 3.85. The number of ether oxygens (including phenoxy) is 2. The van der Waals surface area contributed by atoms with Crippen molar-refractivity contribution in [2.45, 2.75) is 70.8 Å². The van der Waals surface area contributed by atoms with E-state index in [4.69, 9.17) is 9.47 Å². The number of nitrogens with zero attached hydrogens (tertiary/aromatic N) is 1. The number of methoxy groups -OCH3 is 1. The Morgan fingerprint density at radius 2 is 1.68 bits per heavy atom. The number of amides is 3. The first-order chi connectivity index (χ1) is 17.9. The normalized spacial score (nSPS) is 13.5. The lowest BCUT2D eigenvalue weighted by Crippen LogP contribution is -2.55. The summed E-state index contributed by atoms with van der Waals surface area (Å²) in [5.74, 6) is -1.80. The second kappa shape index (κ2) is 13.5. The van der Waals surface area contributed by atoms with E-state index >= 15 is 0 Å². The van der Waals surface area contributed by atoms with Crippen molar-refractivity contribution in [1.82, 2.24) is 20.5 Å². The zero-order chi connectivity index (χ0) is 28.5.